The first-order valence-electron chi connectivity index (χ1n) is 6.24. The average molecular weight is 270 g/mol. The van der Waals surface area contributed by atoms with E-state index in [1.165, 1.54) is 0 Å². The Balaban J connectivity index is 1.73. The van der Waals surface area contributed by atoms with Crippen LogP contribution in [0.3, 0.4) is 0 Å². The molecule has 0 radical (unpaired) electrons. The minimum atomic E-state index is -0.698. The zero-order valence-electron chi connectivity index (χ0n) is 10.5. The Bertz CT molecular complexity index is 415. The highest BCUT2D eigenvalue weighted by molar-refractivity contribution is 7.98. The second-order valence-electron chi connectivity index (χ2n) is 4.92. The third-order valence-electron chi connectivity index (χ3n) is 3.10. The largest absolute Gasteiger partial charge is 0.481 e. The Morgan fingerprint density at radius 1 is 1.56 bits per heavy atom. The van der Waals surface area contributed by atoms with Crippen molar-refractivity contribution in [2.75, 3.05) is 5.75 Å². The predicted molar refractivity (Wildman–Crippen MR) is 68.4 cm³/mol. The highest BCUT2D eigenvalue weighted by atomic mass is 32.2. The van der Waals surface area contributed by atoms with Crippen molar-refractivity contribution in [2.24, 2.45) is 5.41 Å². The first-order chi connectivity index (χ1) is 8.63. The van der Waals surface area contributed by atoms with Gasteiger partial charge in [-0.3, -0.25) is 4.79 Å². The summed E-state index contributed by atoms with van der Waals surface area (Å²) in [6.45, 7) is 2.08. The molecule has 2 rings (SSSR count). The van der Waals surface area contributed by atoms with Crippen LogP contribution in [0.2, 0.25) is 0 Å². The fourth-order valence-electron chi connectivity index (χ4n) is 1.90. The standard InChI is InChI=1S/C12H18N2O3S/c1-2-3-9-13-10(17-14-9)7-18-8-12(4-5-12)6-11(15)16/h2-8H2,1H3,(H,15,16). The Morgan fingerprint density at radius 3 is 2.94 bits per heavy atom. The van der Waals surface area contributed by atoms with Gasteiger partial charge >= 0.3 is 5.97 Å². The lowest BCUT2D eigenvalue weighted by Gasteiger charge is -2.10. The van der Waals surface area contributed by atoms with E-state index in [-0.39, 0.29) is 11.8 Å². The molecule has 1 aromatic heterocycles. The molecule has 1 saturated carbocycles. The Kier molecular flexibility index (Phi) is 4.27. The lowest BCUT2D eigenvalue weighted by Crippen LogP contribution is -2.11. The van der Waals surface area contributed by atoms with E-state index < -0.39 is 5.97 Å². The van der Waals surface area contributed by atoms with Gasteiger partial charge < -0.3 is 9.63 Å². The van der Waals surface area contributed by atoms with Crippen LogP contribution in [0.4, 0.5) is 0 Å². The molecule has 1 aliphatic rings. The molecular formula is C12H18N2O3S. The number of thioether (sulfide) groups is 1. The molecule has 100 valence electrons. The third-order valence-corrected chi connectivity index (χ3v) is 4.37. The Morgan fingerprint density at radius 2 is 2.33 bits per heavy atom. The second-order valence-corrected chi connectivity index (χ2v) is 5.90. The molecule has 1 aliphatic carbocycles. The molecule has 6 heteroatoms. The number of hydrogen-bond acceptors (Lipinski definition) is 5. The molecule has 0 aromatic carbocycles. The third kappa shape index (κ3) is 3.73. The summed E-state index contributed by atoms with van der Waals surface area (Å²) in [6, 6.07) is 0. The first kappa shape index (κ1) is 13.4. The fraction of sp³-hybridized carbons (Fsp3) is 0.750. The summed E-state index contributed by atoms with van der Waals surface area (Å²) in [6.07, 6.45) is 4.18. The van der Waals surface area contributed by atoms with Gasteiger partial charge in [-0.05, 0) is 30.4 Å². The van der Waals surface area contributed by atoms with Crippen molar-refractivity contribution in [3.05, 3.63) is 11.7 Å². The van der Waals surface area contributed by atoms with Crippen LogP contribution < -0.4 is 0 Å². The van der Waals surface area contributed by atoms with Crippen molar-refractivity contribution in [3.8, 4) is 0 Å². The molecule has 1 aromatic rings. The van der Waals surface area contributed by atoms with Gasteiger partial charge in [-0.25, -0.2) is 0 Å². The summed E-state index contributed by atoms with van der Waals surface area (Å²) < 4.78 is 5.14. The van der Waals surface area contributed by atoms with E-state index >= 15 is 0 Å². The molecule has 1 heterocycles. The van der Waals surface area contributed by atoms with Gasteiger partial charge in [0.05, 0.1) is 12.2 Å². The number of nitrogens with zero attached hydrogens (tertiary/aromatic N) is 2. The molecule has 0 spiro atoms. The number of carboxylic acids is 1. The van der Waals surface area contributed by atoms with E-state index in [1.807, 2.05) is 0 Å². The molecule has 1 fully saturated rings. The number of aromatic nitrogens is 2. The molecular weight excluding hydrogens is 252 g/mol. The van der Waals surface area contributed by atoms with Crippen LogP contribution in [0, 0.1) is 5.41 Å². The second kappa shape index (κ2) is 5.73. The van der Waals surface area contributed by atoms with Gasteiger partial charge in [-0.1, -0.05) is 12.1 Å². The molecule has 0 unspecified atom stereocenters. The zero-order valence-corrected chi connectivity index (χ0v) is 11.3. The van der Waals surface area contributed by atoms with E-state index in [0.29, 0.717) is 11.6 Å². The van der Waals surface area contributed by atoms with Crippen molar-refractivity contribution in [1.29, 1.82) is 0 Å². The van der Waals surface area contributed by atoms with Crippen molar-refractivity contribution < 1.29 is 14.4 Å². The SMILES string of the molecule is CCCc1noc(CSCC2(CC(=O)O)CC2)n1. The molecule has 18 heavy (non-hydrogen) atoms. The maximum atomic E-state index is 10.7. The average Bonchev–Trinajstić information content (AvgIpc) is 2.89. The van der Waals surface area contributed by atoms with E-state index in [0.717, 1.165) is 37.3 Å². The molecule has 0 bridgehead atoms. The Hall–Kier alpha value is -1.04. The van der Waals surface area contributed by atoms with Gasteiger partial charge in [0.25, 0.3) is 0 Å². The molecule has 0 aliphatic heterocycles. The van der Waals surface area contributed by atoms with Gasteiger partial charge in [0.15, 0.2) is 5.82 Å². The summed E-state index contributed by atoms with van der Waals surface area (Å²) in [4.78, 5) is 15.0. The smallest absolute Gasteiger partial charge is 0.303 e. The van der Waals surface area contributed by atoms with E-state index in [2.05, 4.69) is 17.1 Å². The van der Waals surface area contributed by atoms with Gasteiger partial charge in [-0.2, -0.15) is 16.7 Å². The summed E-state index contributed by atoms with van der Waals surface area (Å²) >= 11 is 1.69. The van der Waals surface area contributed by atoms with E-state index in [1.54, 1.807) is 11.8 Å². The lowest BCUT2D eigenvalue weighted by molar-refractivity contribution is -0.138. The summed E-state index contributed by atoms with van der Waals surface area (Å²) in [7, 11) is 0. The molecule has 0 amide bonds. The van der Waals surface area contributed by atoms with Gasteiger partial charge in [0.2, 0.25) is 5.89 Å². The van der Waals surface area contributed by atoms with Crippen molar-refractivity contribution in [2.45, 2.75) is 44.8 Å². The van der Waals surface area contributed by atoms with Crippen LogP contribution in [0.1, 0.15) is 44.3 Å². The molecule has 5 nitrogen and oxygen atoms in total. The van der Waals surface area contributed by atoms with Gasteiger partial charge in [0.1, 0.15) is 0 Å². The minimum Gasteiger partial charge on any atom is -0.481 e. The van der Waals surface area contributed by atoms with Crippen LogP contribution in [0.25, 0.3) is 0 Å². The van der Waals surface area contributed by atoms with Crippen LogP contribution >= 0.6 is 11.8 Å². The van der Waals surface area contributed by atoms with E-state index in [9.17, 15) is 4.79 Å². The maximum Gasteiger partial charge on any atom is 0.303 e. The fourth-order valence-corrected chi connectivity index (χ4v) is 3.12. The van der Waals surface area contributed by atoms with Crippen LogP contribution in [-0.2, 0) is 17.0 Å². The quantitative estimate of drug-likeness (QED) is 0.782. The molecule has 0 atom stereocenters. The number of carbonyl (C=O) groups is 1. The number of aliphatic carboxylic acids is 1. The molecule has 0 saturated heterocycles. The lowest BCUT2D eigenvalue weighted by atomic mass is 10.1. The summed E-state index contributed by atoms with van der Waals surface area (Å²) in [5.41, 5.74) is 0.0305. The maximum absolute atomic E-state index is 10.7. The minimum absolute atomic E-state index is 0.0305. The predicted octanol–water partition coefficient (Wildman–Crippen LogP) is 2.51. The van der Waals surface area contributed by atoms with Crippen LogP contribution in [0.5, 0.6) is 0 Å². The normalized spacial score (nSPS) is 16.7. The first-order valence-corrected chi connectivity index (χ1v) is 7.40. The number of rotatable bonds is 8. The topological polar surface area (TPSA) is 76.2 Å². The van der Waals surface area contributed by atoms with Crippen molar-refractivity contribution >= 4 is 17.7 Å². The highest BCUT2D eigenvalue weighted by Crippen LogP contribution is 2.51. The Labute approximate surface area is 110 Å². The summed E-state index contributed by atoms with van der Waals surface area (Å²) in [5, 5.41) is 12.7. The number of hydrogen-bond donors (Lipinski definition) is 1. The summed E-state index contributed by atoms with van der Waals surface area (Å²) in [5.74, 6) is 2.26. The molecule has 1 N–H and O–H groups in total. The van der Waals surface area contributed by atoms with Gasteiger partial charge in [0, 0.05) is 6.42 Å². The number of carboxylic acid groups (broad SMARTS) is 1. The van der Waals surface area contributed by atoms with Crippen molar-refractivity contribution in [1.82, 2.24) is 10.1 Å². The number of aryl methyl sites for hydroxylation is 1. The van der Waals surface area contributed by atoms with Crippen LogP contribution in [-0.4, -0.2) is 27.0 Å². The highest BCUT2D eigenvalue weighted by Gasteiger charge is 2.44. The van der Waals surface area contributed by atoms with E-state index in [4.69, 9.17) is 9.63 Å². The van der Waals surface area contributed by atoms with Crippen molar-refractivity contribution in [3.63, 3.8) is 0 Å². The van der Waals surface area contributed by atoms with Gasteiger partial charge in [-0.15, -0.1) is 0 Å². The van der Waals surface area contributed by atoms with Crippen LogP contribution in [0.15, 0.2) is 4.52 Å². The monoisotopic (exact) mass is 270 g/mol. The zero-order chi connectivity index (χ0) is 13.0.